The highest BCUT2D eigenvalue weighted by atomic mass is 32.2. The largest absolute Gasteiger partial charge is 0.265 e. The fourth-order valence-electron chi connectivity index (χ4n) is 1.80. The van der Waals surface area contributed by atoms with Gasteiger partial charge in [-0.2, -0.15) is 8.42 Å². The van der Waals surface area contributed by atoms with E-state index < -0.39 is 26.2 Å². The van der Waals surface area contributed by atoms with Crippen LogP contribution < -0.4 is 4.72 Å². The standard InChI is InChI=1S/C11H14N2O5S2/c1-8(18-19(2,14)15)7-12-11-9-5-3-4-6-10(9)20(16,17)13-11/h3-6,8H,7H2,1-2H3,(H,12,13). The summed E-state index contributed by atoms with van der Waals surface area (Å²) in [6, 6.07) is 6.44. The number of rotatable bonds is 4. The first-order valence-electron chi connectivity index (χ1n) is 5.74. The fraction of sp³-hybridized carbons (Fsp3) is 0.364. The molecule has 9 heteroatoms. The quantitative estimate of drug-likeness (QED) is 0.793. The van der Waals surface area contributed by atoms with E-state index in [0.29, 0.717) is 5.56 Å². The van der Waals surface area contributed by atoms with E-state index in [2.05, 4.69) is 9.71 Å². The van der Waals surface area contributed by atoms with Crippen molar-refractivity contribution in [2.24, 2.45) is 4.99 Å². The number of benzene rings is 1. The highest BCUT2D eigenvalue weighted by Crippen LogP contribution is 2.22. The van der Waals surface area contributed by atoms with Crippen molar-refractivity contribution in [1.82, 2.24) is 4.72 Å². The third-order valence-electron chi connectivity index (χ3n) is 2.51. The average molecular weight is 318 g/mol. The van der Waals surface area contributed by atoms with Crippen molar-refractivity contribution >= 4 is 26.0 Å². The molecule has 0 spiro atoms. The summed E-state index contributed by atoms with van der Waals surface area (Å²) < 4.78 is 52.6. The lowest BCUT2D eigenvalue weighted by Gasteiger charge is -2.08. The Kier molecular flexibility index (Phi) is 3.85. The SMILES string of the molecule is CC(CN=C1NS(=O)(=O)c2ccccc21)OS(C)(=O)=O. The van der Waals surface area contributed by atoms with Crippen LogP contribution in [0.4, 0.5) is 0 Å². The van der Waals surface area contributed by atoms with Crippen molar-refractivity contribution < 1.29 is 21.0 Å². The Labute approximate surface area is 117 Å². The number of sulfonamides is 1. The number of nitrogens with one attached hydrogen (secondary N) is 1. The zero-order chi connectivity index (χ0) is 15.0. The lowest BCUT2D eigenvalue weighted by Crippen LogP contribution is -2.24. The summed E-state index contributed by atoms with van der Waals surface area (Å²) in [5, 5.41) is 0. The highest BCUT2D eigenvalue weighted by molar-refractivity contribution is 7.90. The van der Waals surface area contributed by atoms with Crippen LogP contribution in [0.1, 0.15) is 12.5 Å². The van der Waals surface area contributed by atoms with Gasteiger partial charge in [-0.25, -0.2) is 8.42 Å². The van der Waals surface area contributed by atoms with Crippen molar-refractivity contribution in [1.29, 1.82) is 0 Å². The van der Waals surface area contributed by atoms with Crippen LogP contribution in [0, 0.1) is 0 Å². The number of amidine groups is 1. The second kappa shape index (κ2) is 5.15. The van der Waals surface area contributed by atoms with Crippen LogP contribution in [0.5, 0.6) is 0 Å². The minimum absolute atomic E-state index is 0.0270. The molecule has 1 aromatic carbocycles. The number of nitrogens with zero attached hydrogens (tertiary/aromatic N) is 1. The summed E-state index contributed by atoms with van der Waals surface area (Å²) in [5.41, 5.74) is 0.471. The topological polar surface area (TPSA) is 102 Å². The molecule has 1 atom stereocenters. The van der Waals surface area contributed by atoms with Crippen LogP contribution in [-0.4, -0.2) is 41.6 Å². The van der Waals surface area contributed by atoms with E-state index in [9.17, 15) is 16.8 Å². The Hall–Kier alpha value is -1.45. The van der Waals surface area contributed by atoms with Crippen LogP contribution >= 0.6 is 0 Å². The third-order valence-corrected chi connectivity index (χ3v) is 4.58. The molecule has 1 aromatic rings. The first-order valence-corrected chi connectivity index (χ1v) is 9.04. The van der Waals surface area contributed by atoms with Gasteiger partial charge in [-0.3, -0.25) is 13.9 Å². The molecule has 0 amide bonds. The van der Waals surface area contributed by atoms with Crippen LogP contribution in [0.3, 0.4) is 0 Å². The second-order valence-corrected chi connectivity index (χ2v) is 7.65. The molecule has 1 heterocycles. The molecular formula is C11H14N2O5S2. The van der Waals surface area contributed by atoms with E-state index in [-0.39, 0.29) is 17.3 Å². The number of aliphatic imine (C=N–C) groups is 1. The normalized spacial score (nSPS) is 20.4. The van der Waals surface area contributed by atoms with Crippen molar-refractivity contribution in [2.45, 2.75) is 17.9 Å². The molecule has 1 aliphatic heterocycles. The molecule has 0 fully saturated rings. The van der Waals surface area contributed by atoms with E-state index >= 15 is 0 Å². The molecule has 1 N–H and O–H groups in total. The second-order valence-electron chi connectivity index (χ2n) is 4.40. The minimum atomic E-state index is -3.58. The van der Waals surface area contributed by atoms with Crippen LogP contribution in [0.15, 0.2) is 34.2 Å². The Morgan fingerprint density at radius 3 is 2.65 bits per heavy atom. The molecule has 110 valence electrons. The van der Waals surface area contributed by atoms with Crippen molar-refractivity contribution in [3.8, 4) is 0 Å². The Bertz CT molecular complexity index is 753. The summed E-state index contributed by atoms with van der Waals surface area (Å²) in [7, 11) is -7.14. The maximum atomic E-state index is 11.8. The smallest absolute Gasteiger partial charge is 0.264 e. The number of fused-ring (bicyclic) bond motifs is 1. The minimum Gasteiger partial charge on any atom is -0.265 e. The maximum absolute atomic E-state index is 11.8. The molecule has 2 rings (SSSR count). The van der Waals surface area contributed by atoms with Crippen molar-refractivity contribution in [3.63, 3.8) is 0 Å². The van der Waals surface area contributed by atoms with Crippen LogP contribution in [-0.2, 0) is 24.3 Å². The Morgan fingerprint density at radius 1 is 1.35 bits per heavy atom. The lowest BCUT2D eigenvalue weighted by atomic mass is 10.2. The molecule has 7 nitrogen and oxygen atoms in total. The first kappa shape index (κ1) is 14.9. The van der Waals surface area contributed by atoms with Gasteiger partial charge in [0.25, 0.3) is 20.1 Å². The van der Waals surface area contributed by atoms with Gasteiger partial charge in [0.1, 0.15) is 5.84 Å². The van der Waals surface area contributed by atoms with Gasteiger partial charge in [-0.1, -0.05) is 12.1 Å². The maximum Gasteiger partial charge on any atom is 0.264 e. The summed E-state index contributed by atoms with van der Waals surface area (Å²) in [6.45, 7) is 1.57. The summed E-state index contributed by atoms with van der Waals surface area (Å²) in [5.74, 6) is 0.199. The molecule has 1 unspecified atom stereocenters. The Morgan fingerprint density at radius 2 is 2.00 bits per heavy atom. The van der Waals surface area contributed by atoms with Crippen molar-refractivity contribution in [3.05, 3.63) is 29.8 Å². The van der Waals surface area contributed by atoms with E-state index in [0.717, 1.165) is 6.26 Å². The van der Waals surface area contributed by atoms with Crippen LogP contribution in [0.2, 0.25) is 0 Å². The Balaban J connectivity index is 2.22. The van der Waals surface area contributed by atoms with Gasteiger partial charge in [0.2, 0.25) is 0 Å². The van der Waals surface area contributed by atoms with Gasteiger partial charge in [0, 0.05) is 5.56 Å². The average Bonchev–Trinajstić information content (AvgIpc) is 2.57. The number of hydrogen-bond acceptors (Lipinski definition) is 6. The van der Waals surface area contributed by atoms with Gasteiger partial charge < -0.3 is 0 Å². The molecule has 0 radical (unpaired) electrons. The van der Waals surface area contributed by atoms with Gasteiger partial charge in [0.05, 0.1) is 23.8 Å². The molecule has 0 aromatic heterocycles. The van der Waals surface area contributed by atoms with Gasteiger partial charge in [0.15, 0.2) is 0 Å². The predicted octanol–water partition coefficient (Wildman–Crippen LogP) is 0.0898. The number of hydrogen-bond donors (Lipinski definition) is 1. The summed E-state index contributed by atoms with van der Waals surface area (Å²) >= 11 is 0. The monoisotopic (exact) mass is 318 g/mol. The molecule has 0 aliphatic carbocycles. The molecule has 1 aliphatic rings. The van der Waals surface area contributed by atoms with E-state index in [1.165, 1.54) is 6.07 Å². The summed E-state index contributed by atoms with van der Waals surface area (Å²) in [6.07, 6.45) is 0.277. The van der Waals surface area contributed by atoms with Gasteiger partial charge >= 0.3 is 0 Å². The molecular weight excluding hydrogens is 304 g/mol. The van der Waals surface area contributed by atoms with E-state index in [4.69, 9.17) is 4.18 Å². The fourth-order valence-corrected chi connectivity index (χ4v) is 3.71. The van der Waals surface area contributed by atoms with Crippen molar-refractivity contribution in [2.75, 3.05) is 12.8 Å². The van der Waals surface area contributed by atoms with Crippen LogP contribution in [0.25, 0.3) is 0 Å². The molecule has 20 heavy (non-hydrogen) atoms. The lowest BCUT2D eigenvalue weighted by molar-refractivity contribution is 0.240. The molecule has 0 saturated heterocycles. The van der Waals surface area contributed by atoms with E-state index in [1.807, 2.05) is 0 Å². The van der Waals surface area contributed by atoms with Gasteiger partial charge in [-0.15, -0.1) is 0 Å². The van der Waals surface area contributed by atoms with Gasteiger partial charge in [-0.05, 0) is 19.1 Å². The molecule has 0 bridgehead atoms. The predicted molar refractivity (Wildman–Crippen MR) is 73.6 cm³/mol. The molecule has 0 saturated carbocycles. The third kappa shape index (κ3) is 3.35. The highest BCUT2D eigenvalue weighted by Gasteiger charge is 2.30. The summed E-state index contributed by atoms with van der Waals surface area (Å²) in [4.78, 5) is 4.24. The zero-order valence-electron chi connectivity index (χ0n) is 10.9. The zero-order valence-corrected chi connectivity index (χ0v) is 12.5. The first-order chi connectivity index (χ1) is 9.19. The van der Waals surface area contributed by atoms with E-state index in [1.54, 1.807) is 25.1 Å².